The molecule has 0 radical (unpaired) electrons. The molecule has 1 saturated heterocycles. The molecule has 0 bridgehead atoms. The Bertz CT molecular complexity index is 677. The summed E-state index contributed by atoms with van der Waals surface area (Å²) in [6, 6.07) is 5.38. The van der Waals surface area contributed by atoms with Gasteiger partial charge >= 0.3 is 0 Å². The average Bonchev–Trinajstić information content (AvgIpc) is 2.71. The van der Waals surface area contributed by atoms with Crippen LogP contribution < -0.4 is 11.1 Å². The van der Waals surface area contributed by atoms with Crippen LogP contribution in [0.25, 0.3) is 10.9 Å². The first-order valence-corrected chi connectivity index (χ1v) is 6.58. The fraction of sp³-hybridized carbons (Fsp3) is 0.286. The van der Waals surface area contributed by atoms with E-state index in [1.54, 1.807) is 23.2 Å². The molecule has 0 saturated carbocycles. The lowest BCUT2D eigenvalue weighted by atomic mass is 10.1. The number of nitrogens with two attached hydrogens (primary N) is 1. The third-order valence-corrected chi connectivity index (χ3v) is 3.48. The summed E-state index contributed by atoms with van der Waals surface area (Å²) in [6.45, 7) is 1.31. The van der Waals surface area contributed by atoms with Crippen LogP contribution in [0.3, 0.4) is 0 Å². The van der Waals surface area contributed by atoms with Gasteiger partial charge in [-0.2, -0.15) is 0 Å². The first-order chi connectivity index (χ1) is 9.65. The van der Waals surface area contributed by atoms with Crippen LogP contribution in [-0.4, -0.2) is 41.3 Å². The summed E-state index contributed by atoms with van der Waals surface area (Å²) in [5.41, 5.74) is 7.77. The maximum absolute atomic E-state index is 12.6. The van der Waals surface area contributed by atoms with Crippen molar-refractivity contribution in [2.24, 2.45) is 0 Å². The predicted octanol–water partition coefficient (Wildman–Crippen LogP) is 0.712. The highest BCUT2D eigenvalue weighted by molar-refractivity contribution is 6.08. The van der Waals surface area contributed by atoms with Gasteiger partial charge < -0.3 is 20.9 Å². The largest absolute Gasteiger partial charge is 0.399 e. The standard InChI is InChI=1S/C14H16N4O2/c15-9-2-3-10-11(7-17-12(10)6-9)14(20)18-5-1-4-16-13(19)8-18/h2-3,6-7,17H,1,4-5,8,15H2,(H,16,19). The molecule has 3 rings (SSSR count). The maximum Gasteiger partial charge on any atom is 0.256 e. The molecule has 0 spiro atoms. The number of fused-ring (bicyclic) bond motifs is 1. The van der Waals surface area contributed by atoms with E-state index in [9.17, 15) is 9.59 Å². The van der Waals surface area contributed by atoms with Crippen molar-refractivity contribution in [3.05, 3.63) is 30.0 Å². The number of nitrogens with one attached hydrogen (secondary N) is 2. The van der Waals surface area contributed by atoms with Crippen molar-refractivity contribution < 1.29 is 9.59 Å². The fourth-order valence-corrected chi connectivity index (χ4v) is 2.47. The Morgan fingerprint density at radius 3 is 3.05 bits per heavy atom. The Morgan fingerprint density at radius 2 is 2.20 bits per heavy atom. The highest BCUT2D eigenvalue weighted by Gasteiger charge is 2.23. The molecule has 104 valence electrons. The molecule has 6 nitrogen and oxygen atoms in total. The highest BCUT2D eigenvalue weighted by Crippen LogP contribution is 2.22. The number of carbonyl (C=O) groups is 2. The van der Waals surface area contributed by atoms with Crippen LogP contribution in [0.15, 0.2) is 24.4 Å². The Hall–Kier alpha value is -2.50. The van der Waals surface area contributed by atoms with Gasteiger partial charge in [0.1, 0.15) is 0 Å². The minimum Gasteiger partial charge on any atom is -0.399 e. The zero-order chi connectivity index (χ0) is 14.1. The molecule has 1 aromatic heterocycles. The van der Waals surface area contributed by atoms with Crippen LogP contribution in [0.5, 0.6) is 0 Å². The third kappa shape index (κ3) is 2.20. The van der Waals surface area contributed by atoms with Crippen LogP contribution in [0.4, 0.5) is 5.69 Å². The second kappa shape index (κ2) is 4.88. The molecule has 1 aliphatic heterocycles. The lowest BCUT2D eigenvalue weighted by Gasteiger charge is -2.18. The number of hydrogen-bond donors (Lipinski definition) is 3. The van der Waals surface area contributed by atoms with E-state index in [1.807, 2.05) is 6.07 Å². The van der Waals surface area contributed by atoms with Gasteiger partial charge in [-0.25, -0.2) is 0 Å². The monoisotopic (exact) mass is 272 g/mol. The van der Waals surface area contributed by atoms with Crippen LogP contribution in [0, 0.1) is 0 Å². The zero-order valence-corrected chi connectivity index (χ0v) is 11.0. The molecular weight excluding hydrogens is 256 g/mol. The molecule has 20 heavy (non-hydrogen) atoms. The molecule has 1 aromatic carbocycles. The summed E-state index contributed by atoms with van der Waals surface area (Å²) >= 11 is 0. The van der Waals surface area contributed by atoms with Gasteiger partial charge in [-0.15, -0.1) is 0 Å². The summed E-state index contributed by atoms with van der Waals surface area (Å²) in [5, 5.41) is 3.59. The molecule has 2 amide bonds. The van der Waals surface area contributed by atoms with Gasteiger partial charge in [-0.3, -0.25) is 9.59 Å². The second-order valence-electron chi connectivity index (χ2n) is 4.94. The first kappa shape index (κ1) is 12.5. The van der Waals surface area contributed by atoms with Crippen molar-refractivity contribution >= 4 is 28.4 Å². The second-order valence-corrected chi connectivity index (χ2v) is 4.94. The van der Waals surface area contributed by atoms with Crippen molar-refractivity contribution in [3.8, 4) is 0 Å². The molecule has 6 heteroatoms. The van der Waals surface area contributed by atoms with E-state index >= 15 is 0 Å². The zero-order valence-electron chi connectivity index (χ0n) is 11.0. The van der Waals surface area contributed by atoms with E-state index in [4.69, 9.17) is 5.73 Å². The van der Waals surface area contributed by atoms with Crippen molar-refractivity contribution in [2.75, 3.05) is 25.4 Å². The number of H-pyrrole nitrogens is 1. The number of nitrogens with zero attached hydrogens (tertiary/aromatic N) is 1. The molecule has 2 aromatic rings. The van der Waals surface area contributed by atoms with E-state index in [1.165, 1.54) is 0 Å². The normalized spacial score (nSPS) is 16.0. The Balaban J connectivity index is 1.93. The molecular formula is C14H16N4O2. The summed E-state index contributed by atoms with van der Waals surface area (Å²) < 4.78 is 0. The number of hydrogen-bond acceptors (Lipinski definition) is 3. The summed E-state index contributed by atoms with van der Waals surface area (Å²) in [6.07, 6.45) is 2.45. The number of aromatic amines is 1. The lowest BCUT2D eigenvalue weighted by molar-refractivity contribution is -0.121. The fourth-order valence-electron chi connectivity index (χ4n) is 2.47. The van der Waals surface area contributed by atoms with Gasteiger partial charge in [0.2, 0.25) is 5.91 Å². The minimum absolute atomic E-state index is 0.111. The lowest BCUT2D eigenvalue weighted by Crippen LogP contribution is -2.37. The summed E-state index contributed by atoms with van der Waals surface area (Å²) in [5.74, 6) is -0.238. The third-order valence-electron chi connectivity index (χ3n) is 3.48. The average molecular weight is 272 g/mol. The van der Waals surface area contributed by atoms with Gasteiger partial charge in [0.25, 0.3) is 5.91 Å². The van der Waals surface area contributed by atoms with Gasteiger partial charge in [-0.05, 0) is 24.6 Å². The van der Waals surface area contributed by atoms with E-state index < -0.39 is 0 Å². The van der Waals surface area contributed by atoms with Crippen LogP contribution >= 0.6 is 0 Å². The van der Waals surface area contributed by atoms with Crippen LogP contribution in [0.1, 0.15) is 16.8 Å². The van der Waals surface area contributed by atoms with Crippen LogP contribution in [0.2, 0.25) is 0 Å². The van der Waals surface area contributed by atoms with Gasteiger partial charge in [0.05, 0.1) is 12.1 Å². The summed E-state index contributed by atoms with van der Waals surface area (Å²) in [4.78, 5) is 28.7. The molecule has 4 N–H and O–H groups in total. The molecule has 0 aliphatic carbocycles. The van der Waals surface area contributed by atoms with Crippen molar-refractivity contribution in [1.29, 1.82) is 0 Å². The topological polar surface area (TPSA) is 91.2 Å². The Morgan fingerprint density at radius 1 is 1.35 bits per heavy atom. The number of rotatable bonds is 1. The SMILES string of the molecule is Nc1ccc2c(C(=O)N3CCCNC(=O)C3)c[nH]c2c1. The number of benzene rings is 1. The molecule has 1 aliphatic rings. The van der Waals surface area contributed by atoms with Gasteiger partial charge in [-0.1, -0.05) is 0 Å². The predicted molar refractivity (Wildman–Crippen MR) is 76.2 cm³/mol. The highest BCUT2D eigenvalue weighted by atomic mass is 16.2. The van der Waals surface area contributed by atoms with E-state index in [-0.39, 0.29) is 18.4 Å². The number of nitrogen functional groups attached to an aromatic ring is 1. The molecule has 0 unspecified atom stereocenters. The van der Waals surface area contributed by atoms with Gasteiger partial charge in [0, 0.05) is 35.9 Å². The Labute approximate surface area is 115 Å². The number of anilines is 1. The van der Waals surface area contributed by atoms with Crippen LogP contribution in [-0.2, 0) is 4.79 Å². The van der Waals surface area contributed by atoms with Crippen molar-refractivity contribution in [2.45, 2.75) is 6.42 Å². The number of aromatic nitrogens is 1. The number of carbonyl (C=O) groups excluding carboxylic acids is 2. The molecule has 0 atom stereocenters. The minimum atomic E-state index is -0.127. The van der Waals surface area contributed by atoms with Crippen molar-refractivity contribution in [3.63, 3.8) is 0 Å². The Kier molecular flexibility index (Phi) is 3.06. The van der Waals surface area contributed by atoms with E-state index in [0.717, 1.165) is 17.3 Å². The van der Waals surface area contributed by atoms with Gasteiger partial charge in [0.15, 0.2) is 0 Å². The molecule has 2 heterocycles. The number of amides is 2. The smallest absolute Gasteiger partial charge is 0.256 e. The van der Waals surface area contributed by atoms with Crippen molar-refractivity contribution in [1.82, 2.24) is 15.2 Å². The molecule has 1 fully saturated rings. The van der Waals surface area contributed by atoms with E-state index in [2.05, 4.69) is 10.3 Å². The quantitative estimate of drug-likeness (QED) is 0.668. The first-order valence-electron chi connectivity index (χ1n) is 6.58. The van der Waals surface area contributed by atoms with E-state index in [0.29, 0.717) is 24.3 Å². The summed E-state index contributed by atoms with van der Waals surface area (Å²) in [7, 11) is 0. The maximum atomic E-state index is 12.6.